The summed E-state index contributed by atoms with van der Waals surface area (Å²) in [6.45, 7) is 4.15. The van der Waals surface area contributed by atoms with Gasteiger partial charge in [-0.2, -0.15) is 0 Å². The second-order valence-electron chi connectivity index (χ2n) is 9.90. The highest BCUT2D eigenvalue weighted by molar-refractivity contribution is 6.01. The lowest BCUT2D eigenvalue weighted by Crippen LogP contribution is -2.40. The smallest absolute Gasteiger partial charge is 0.404 e. The summed E-state index contributed by atoms with van der Waals surface area (Å²) in [5.74, 6) is -0.297. The number of primary amides is 1. The predicted octanol–water partition coefficient (Wildman–Crippen LogP) is 5.00. The number of benzene rings is 3. The molecule has 196 valence electrons. The fraction of sp³-hybridized carbons (Fsp3) is 0.267. The van der Waals surface area contributed by atoms with E-state index in [1.807, 2.05) is 43.3 Å². The van der Waals surface area contributed by atoms with Crippen LogP contribution in [0, 0.1) is 18.7 Å². The van der Waals surface area contributed by atoms with E-state index in [1.54, 1.807) is 12.1 Å². The van der Waals surface area contributed by atoms with Crippen molar-refractivity contribution in [1.29, 1.82) is 0 Å². The first-order valence-corrected chi connectivity index (χ1v) is 12.7. The molecule has 0 spiro atoms. The first-order chi connectivity index (χ1) is 18.4. The number of hydrogen-bond donors (Lipinski definition) is 3. The van der Waals surface area contributed by atoms with Crippen molar-refractivity contribution >= 4 is 22.9 Å². The minimum Gasteiger partial charge on any atom is -0.449 e. The van der Waals surface area contributed by atoms with Gasteiger partial charge in [-0.15, -0.1) is 0 Å². The molecule has 4 N–H and O–H groups in total. The maximum atomic E-state index is 13.3. The molecule has 2 amide bonds. The third-order valence-corrected chi connectivity index (χ3v) is 7.27. The summed E-state index contributed by atoms with van der Waals surface area (Å²) in [7, 11) is 0. The van der Waals surface area contributed by atoms with Crippen LogP contribution in [-0.4, -0.2) is 47.6 Å². The number of nitrogens with zero attached hydrogens (tertiary/aromatic N) is 1. The molecule has 38 heavy (non-hydrogen) atoms. The molecule has 2 heterocycles. The summed E-state index contributed by atoms with van der Waals surface area (Å²) >= 11 is 0. The number of nitrogens with one attached hydrogen (secondary N) is 2. The van der Waals surface area contributed by atoms with Gasteiger partial charge in [0.2, 0.25) is 0 Å². The zero-order valence-electron chi connectivity index (χ0n) is 21.2. The topological polar surface area (TPSA) is 100 Å². The van der Waals surface area contributed by atoms with Gasteiger partial charge >= 0.3 is 6.09 Å². The number of ether oxygens (including phenoxy) is 1. The Hall–Kier alpha value is -4.17. The number of hydrogen-bond acceptors (Lipinski definition) is 4. The van der Waals surface area contributed by atoms with Gasteiger partial charge < -0.3 is 20.8 Å². The molecular formula is C30H31FN4O3. The summed E-state index contributed by atoms with van der Waals surface area (Å²) < 4.78 is 18.4. The molecule has 0 saturated carbocycles. The van der Waals surface area contributed by atoms with Gasteiger partial charge in [0.25, 0.3) is 5.91 Å². The number of fused-ring (bicyclic) bond motifs is 1. The van der Waals surface area contributed by atoms with Crippen LogP contribution in [0.5, 0.6) is 0 Å². The van der Waals surface area contributed by atoms with Crippen molar-refractivity contribution in [2.75, 3.05) is 19.7 Å². The number of aromatic nitrogens is 1. The number of carbonyl (C=O) groups excluding carboxylic acids is 2. The van der Waals surface area contributed by atoms with Crippen molar-refractivity contribution in [2.24, 2.45) is 11.7 Å². The number of H-pyrrole nitrogens is 1. The van der Waals surface area contributed by atoms with Crippen molar-refractivity contribution in [3.8, 4) is 11.1 Å². The van der Waals surface area contributed by atoms with E-state index in [0.717, 1.165) is 47.1 Å². The number of aromatic amines is 1. The SMILES string of the molecule is Cc1c(C(=O)NC[C@@H]2C[C@@H](COC(N)=O)CN2Cc2ccccc2)[nH]c2ccc(-c3ccc(F)cc3)cc12. The van der Waals surface area contributed by atoms with Gasteiger partial charge in [-0.05, 0) is 59.9 Å². The van der Waals surface area contributed by atoms with E-state index in [2.05, 4.69) is 27.3 Å². The molecule has 0 unspecified atom stereocenters. The van der Waals surface area contributed by atoms with E-state index >= 15 is 0 Å². The molecule has 1 saturated heterocycles. The number of likely N-dealkylation sites (tertiary alicyclic amines) is 1. The molecule has 0 bridgehead atoms. The van der Waals surface area contributed by atoms with Crippen LogP contribution in [0.2, 0.25) is 0 Å². The highest BCUT2D eigenvalue weighted by Crippen LogP contribution is 2.29. The van der Waals surface area contributed by atoms with Gasteiger partial charge in [0.15, 0.2) is 0 Å². The van der Waals surface area contributed by atoms with Gasteiger partial charge in [0.1, 0.15) is 11.5 Å². The number of carbonyl (C=O) groups is 2. The molecule has 1 aliphatic rings. The molecule has 2 atom stereocenters. The molecule has 1 aliphatic heterocycles. The minimum absolute atomic E-state index is 0.0930. The summed E-state index contributed by atoms with van der Waals surface area (Å²) in [5, 5.41) is 4.06. The fourth-order valence-electron chi connectivity index (χ4n) is 5.31. The highest BCUT2D eigenvalue weighted by Gasteiger charge is 2.33. The fourth-order valence-corrected chi connectivity index (χ4v) is 5.31. The van der Waals surface area contributed by atoms with Crippen LogP contribution in [0.1, 0.15) is 28.0 Å². The van der Waals surface area contributed by atoms with Crippen LogP contribution in [-0.2, 0) is 11.3 Å². The van der Waals surface area contributed by atoms with Crippen LogP contribution in [0.15, 0.2) is 72.8 Å². The third kappa shape index (κ3) is 5.70. The molecule has 3 aromatic carbocycles. The summed E-state index contributed by atoms with van der Waals surface area (Å²) in [5.41, 5.74) is 10.5. The highest BCUT2D eigenvalue weighted by atomic mass is 19.1. The third-order valence-electron chi connectivity index (χ3n) is 7.27. The van der Waals surface area contributed by atoms with Crippen LogP contribution in [0.4, 0.5) is 9.18 Å². The van der Waals surface area contributed by atoms with Crippen molar-refractivity contribution in [3.63, 3.8) is 0 Å². The van der Waals surface area contributed by atoms with Crippen molar-refractivity contribution in [2.45, 2.75) is 25.9 Å². The Labute approximate surface area is 220 Å². The van der Waals surface area contributed by atoms with Crippen LogP contribution in [0.3, 0.4) is 0 Å². The lowest BCUT2D eigenvalue weighted by Gasteiger charge is -2.24. The molecule has 1 fully saturated rings. The Bertz CT molecular complexity index is 1440. The molecule has 5 rings (SSSR count). The van der Waals surface area contributed by atoms with Crippen molar-refractivity contribution in [3.05, 3.63) is 95.4 Å². The Kier molecular flexibility index (Phi) is 7.42. The molecule has 1 aromatic heterocycles. The van der Waals surface area contributed by atoms with Gasteiger partial charge in [0, 0.05) is 42.5 Å². The molecule has 0 radical (unpaired) electrons. The monoisotopic (exact) mass is 514 g/mol. The van der Waals surface area contributed by atoms with E-state index in [0.29, 0.717) is 12.2 Å². The van der Waals surface area contributed by atoms with E-state index in [1.165, 1.54) is 17.7 Å². The number of rotatable bonds is 8. The lowest BCUT2D eigenvalue weighted by molar-refractivity contribution is 0.0935. The maximum absolute atomic E-state index is 13.3. The molecule has 8 heteroatoms. The predicted molar refractivity (Wildman–Crippen MR) is 145 cm³/mol. The number of aryl methyl sites for hydroxylation is 1. The summed E-state index contributed by atoms with van der Waals surface area (Å²) in [6, 6.07) is 22.6. The Morgan fingerprint density at radius 2 is 1.82 bits per heavy atom. The van der Waals surface area contributed by atoms with Crippen molar-refractivity contribution in [1.82, 2.24) is 15.2 Å². The average Bonchev–Trinajstić information content (AvgIpc) is 3.46. The molecule has 0 aliphatic carbocycles. The maximum Gasteiger partial charge on any atom is 0.404 e. The van der Waals surface area contributed by atoms with Crippen LogP contribution < -0.4 is 11.1 Å². The number of amides is 2. The molecule has 4 aromatic rings. The van der Waals surface area contributed by atoms with Gasteiger partial charge in [-0.25, -0.2) is 9.18 Å². The van der Waals surface area contributed by atoms with E-state index < -0.39 is 6.09 Å². The summed E-state index contributed by atoms with van der Waals surface area (Å²) in [4.78, 5) is 30.0. The lowest BCUT2D eigenvalue weighted by atomic mass is 10.0. The van der Waals surface area contributed by atoms with E-state index in [4.69, 9.17) is 10.5 Å². The first-order valence-electron chi connectivity index (χ1n) is 12.7. The second-order valence-corrected chi connectivity index (χ2v) is 9.90. The second kappa shape index (κ2) is 11.1. The quantitative estimate of drug-likeness (QED) is 0.308. The Morgan fingerprint density at radius 3 is 2.55 bits per heavy atom. The average molecular weight is 515 g/mol. The molecular weight excluding hydrogens is 483 g/mol. The van der Waals surface area contributed by atoms with Crippen LogP contribution in [0.25, 0.3) is 22.0 Å². The van der Waals surface area contributed by atoms with E-state index in [-0.39, 0.29) is 30.3 Å². The largest absolute Gasteiger partial charge is 0.449 e. The van der Waals surface area contributed by atoms with Crippen molar-refractivity contribution < 1.29 is 18.7 Å². The van der Waals surface area contributed by atoms with E-state index in [9.17, 15) is 14.0 Å². The van der Waals surface area contributed by atoms with Gasteiger partial charge in [-0.3, -0.25) is 9.69 Å². The normalized spacial score (nSPS) is 17.5. The number of nitrogens with two attached hydrogens (primary N) is 1. The minimum atomic E-state index is -0.770. The van der Waals surface area contributed by atoms with Gasteiger partial charge in [-0.1, -0.05) is 48.5 Å². The first kappa shape index (κ1) is 25.5. The summed E-state index contributed by atoms with van der Waals surface area (Å²) in [6.07, 6.45) is 0.0147. The Morgan fingerprint density at radius 1 is 1.08 bits per heavy atom. The zero-order chi connectivity index (χ0) is 26.6. The Balaban J connectivity index is 1.29. The molecule has 7 nitrogen and oxygen atoms in total. The zero-order valence-corrected chi connectivity index (χ0v) is 21.2. The number of halogens is 1. The van der Waals surface area contributed by atoms with Gasteiger partial charge in [0.05, 0.1) is 6.61 Å². The standard InChI is InChI=1S/C30H31FN4O3/c1-19-26-14-23(22-7-10-24(31)11-8-22)9-12-27(26)34-28(19)29(36)33-15-25-13-21(18-38-30(32)37)17-35(25)16-20-5-3-2-4-6-20/h2-12,14,21,25,34H,13,15-18H2,1H3,(H2,32,37)(H,33,36)/t21-,25+/m1/s1. The van der Waals surface area contributed by atoms with Crippen LogP contribution >= 0.6 is 0 Å².